The lowest BCUT2D eigenvalue weighted by atomic mass is 9.73. The molecule has 1 saturated heterocycles. The van der Waals surface area contributed by atoms with Crippen LogP contribution in [0.5, 0.6) is 0 Å². The van der Waals surface area contributed by atoms with Gasteiger partial charge in [-0.25, -0.2) is 4.39 Å². The fraction of sp³-hybridized carbons (Fsp3) is 0.481. The highest BCUT2D eigenvalue weighted by molar-refractivity contribution is 5.99. The Hall–Kier alpha value is -2.69. The van der Waals surface area contributed by atoms with Crippen molar-refractivity contribution in [2.45, 2.75) is 72.1 Å². The topological polar surface area (TPSA) is 57.6 Å². The minimum atomic E-state index is -0.833. The summed E-state index contributed by atoms with van der Waals surface area (Å²) in [6.07, 6.45) is 8.99. The van der Waals surface area contributed by atoms with Gasteiger partial charge >= 0.3 is 0 Å². The van der Waals surface area contributed by atoms with Gasteiger partial charge in [-0.1, -0.05) is 57.4 Å². The van der Waals surface area contributed by atoms with Gasteiger partial charge in [-0.3, -0.25) is 9.59 Å². The average Bonchev–Trinajstić information content (AvgIpc) is 3.10. The molecule has 1 saturated carbocycles. The number of nitrogens with zero attached hydrogens (tertiary/aromatic N) is 1. The van der Waals surface area contributed by atoms with Gasteiger partial charge in [0.05, 0.1) is 5.41 Å². The number of carboxylic acids is 1. The lowest BCUT2D eigenvalue weighted by Gasteiger charge is -2.31. The van der Waals surface area contributed by atoms with Crippen molar-refractivity contribution < 1.29 is 19.1 Å². The van der Waals surface area contributed by atoms with Gasteiger partial charge in [0.2, 0.25) is 5.91 Å². The molecule has 0 bridgehead atoms. The van der Waals surface area contributed by atoms with E-state index in [1.165, 1.54) is 30.9 Å². The zero-order valence-electron chi connectivity index (χ0n) is 19.6. The zero-order chi connectivity index (χ0) is 23.6. The lowest BCUT2D eigenvalue weighted by molar-refractivity contribution is -0.134. The molecule has 1 N–H and O–H groups in total. The first kappa shape index (κ1) is 25.6. The molecular weight excluding hydrogens is 405 g/mol. The fourth-order valence-electron chi connectivity index (χ4n) is 4.43. The van der Waals surface area contributed by atoms with Crippen LogP contribution in [0.1, 0.15) is 70.4 Å². The third-order valence-corrected chi connectivity index (χ3v) is 6.28. The van der Waals surface area contributed by atoms with Crippen LogP contribution in [0.2, 0.25) is 0 Å². The molecule has 2 aliphatic rings. The Morgan fingerprint density at radius 3 is 2.06 bits per heavy atom. The second kappa shape index (κ2) is 12.4. The van der Waals surface area contributed by atoms with E-state index < -0.39 is 5.97 Å². The summed E-state index contributed by atoms with van der Waals surface area (Å²) >= 11 is 0. The van der Waals surface area contributed by atoms with Gasteiger partial charge in [0.25, 0.3) is 5.97 Å². The van der Waals surface area contributed by atoms with Crippen LogP contribution in [-0.2, 0) is 22.4 Å². The molecule has 174 valence electrons. The molecule has 4 rings (SSSR count). The van der Waals surface area contributed by atoms with E-state index in [2.05, 4.69) is 31.2 Å². The summed E-state index contributed by atoms with van der Waals surface area (Å²) in [5, 5.41) is 7.42. The first-order chi connectivity index (χ1) is 15.3. The van der Waals surface area contributed by atoms with Crippen molar-refractivity contribution >= 4 is 17.6 Å². The number of carbonyl (C=O) groups is 2. The molecule has 2 aromatic rings. The van der Waals surface area contributed by atoms with Crippen molar-refractivity contribution in [2.24, 2.45) is 5.41 Å². The quantitative estimate of drug-likeness (QED) is 0.598. The van der Waals surface area contributed by atoms with Gasteiger partial charge in [-0.2, -0.15) is 0 Å². The third-order valence-electron chi connectivity index (χ3n) is 6.28. The third kappa shape index (κ3) is 7.18. The Balaban J connectivity index is 0.000000233. The van der Waals surface area contributed by atoms with Crippen LogP contribution in [-0.4, -0.2) is 23.5 Å². The van der Waals surface area contributed by atoms with E-state index in [0.29, 0.717) is 5.91 Å². The minimum Gasteiger partial charge on any atom is -0.481 e. The minimum absolute atomic E-state index is 0.0122. The molecule has 1 heterocycles. The molecule has 0 atom stereocenters. The molecule has 0 radical (unpaired) electrons. The van der Waals surface area contributed by atoms with Crippen molar-refractivity contribution in [3.05, 3.63) is 65.5 Å². The Morgan fingerprint density at radius 2 is 1.56 bits per heavy atom. The number of benzene rings is 2. The summed E-state index contributed by atoms with van der Waals surface area (Å²) in [6, 6.07) is 15.2. The largest absolute Gasteiger partial charge is 0.481 e. The van der Waals surface area contributed by atoms with E-state index in [0.717, 1.165) is 56.8 Å². The summed E-state index contributed by atoms with van der Waals surface area (Å²) in [4.78, 5) is 23.8. The average molecular weight is 442 g/mol. The van der Waals surface area contributed by atoms with Gasteiger partial charge in [0.15, 0.2) is 0 Å². The first-order valence-corrected chi connectivity index (χ1v) is 11.7. The van der Waals surface area contributed by atoms with Crippen molar-refractivity contribution in [1.29, 1.82) is 0 Å². The molecule has 1 aliphatic heterocycles. The summed E-state index contributed by atoms with van der Waals surface area (Å²) in [6.45, 7) is 6.16. The normalized spacial score (nSPS) is 16.6. The Bertz CT molecular complexity index is 869. The van der Waals surface area contributed by atoms with Crippen molar-refractivity contribution in [3.8, 4) is 0 Å². The number of rotatable bonds is 3. The molecule has 1 aliphatic carbocycles. The fourth-order valence-corrected chi connectivity index (χ4v) is 4.43. The van der Waals surface area contributed by atoms with E-state index in [-0.39, 0.29) is 11.2 Å². The summed E-state index contributed by atoms with van der Waals surface area (Å²) in [5.41, 5.74) is 3.46. The van der Waals surface area contributed by atoms with Gasteiger partial charge in [-0.15, -0.1) is 0 Å². The van der Waals surface area contributed by atoms with Gasteiger partial charge in [0.1, 0.15) is 5.82 Å². The molecular formula is C27H36FNO3. The predicted molar refractivity (Wildman–Crippen MR) is 127 cm³/mol. The molecule has 1 amide bonds. The number of amides is 1. The highest BCUT2D eigenvalue weighted by Crippen LogP contribution is 2.45. The summed E-state index contributed by atoms with van der Waals surface area (Å²) in [5.74, 6) is -0.592. The maximum Gasteiger partial charge on any atom is 0.300 e. The van der Waals surface area contributed by atoms with E-state index in [4.69, 9.17) is 9.90 Å². The number of anilines is 1. The maximum atomic E-state index is 12.8. The van der Waals surface area contributed by atoms with E-state index in [9.17, 15) is 9.18 Å². The number of hydrogen-bond acceptors (Lipinski definition) is 2. The smallest absolute Gasteiger partial charge is 0.300 e. The number of aliphatic carboxylic acids is 1. The molecule has 4 nitrogen and oxygen atoms in total. The second-order valence-corrected chi connectivity index (χ2v) is 8.57. The van der Waals surface area contributed by atoms with Crippen LogP contribution in [0.4, 0.5) is 10.1 Å². The van der Waals surface area contributed by atoms with Crippen LogP contribution in [0.3, 0.4) is 0 Å². The number of carboxylic acid groups (broad SMARTS) is 1. The van der Waals surface area contributed by atoms with E-state index in [1.807, 2.05) is 17.9 Å². The second-order valence-electron chi connectivity index (χ2n) is 8.57. The number of halogens is 1. The number of carbonyl (C=O) groups excluding carboxylic acids is 1. The van der Waals surface area contributed by atoms with Crippen LogP contribution in [0.25, 0.3) is 0 Å². The van der Waals surface area contributed by atoms with Crippen LogP contribution >= 0.6 is 0 Å². The Labute approximate surface area is 191 Å². The van der Waals surface area contributed by atoms with Crippen molar-refractivity contribution in [3.63, 3.8) is 0 Å². The Kier molecular flexibility index (Phi) is 9.89. The molecule has 2 fully saturated rings. The number of aryl methyl sites for hydroxylation is 2. The van der Waals surface area contributed by atoms with Crippen LogP contribution < -0.4 is 4.90 Å². The Morgan fingerprint density at radius 1 is 0.969 bits per heavy atom. The van der Waals surface area contributed by atoms with E-state index in [1.54, 1.807) is 12.1 Å². The van der Waals surface area contributed by atoms with Crippen LogP contribution in [0.15, 0.2) is 48.5 Å². The standard InChI is InChI=1S/C17H23NO.C8H9F.C2H4O2/c1-2-14-6-8-15(9-7-14)18-13-12-17(16(18)19)10-4-3-5-11-17;1-2-7-4-3-5-8(9)6-7;1-2(3)4/h6-9H,2-5,10-13H2,1H3;3-6H,2H2,1H3;1H3,(H,3,4). The molecule has 5 heteroatoms. The highest BCUT2D eigenvalue weighted by atomic mass is 19.1. The monoisotopic (exact) mass is 441 g/mol. The molecule has 1 spiro atoms. The highest BCUT2D eigenvalue weighted by Gasteiger charge is 2.47. The summed E-state index contributed by atoms with van der Waals surface area (Å²) in [7, 11) is 0. The van der Waals surface area contributed by atoms with Crippen LogP contribution in [0, 0.1) is 11.2 Å². The summed E-state index contributed by atoms with van der Waals surface area (Å²) < 4.78 is 12.4. The zero-order valence-corrected chi connectivity index (χ0v) is 19.6. The molecule has 32 heavy (non-hydrogen) atoms. The van der Waals surface area contributed by atoms with Crippen molar-refractivity contribution in [1.82, 2.24) is 0 Å². The SMILES string of the molecule is CC(=O)O.CCc1ccc(N2CCC3(CCCCC3)C2=O)cc1.CCc1cccc(F)c1. The van der Waals surface area contributed by atoms with Gasteiger partial charge in [-0.05, 0) is 67.5 Å². The maximum absolute atomic E-state index is 12.8. The van der Waals surface area contributed by atoms with Gasteiger partial charge in [0, 0.05) is 19.2 Å². The lowest BCUT2D eigenvalue weighted by Crippen LogP contribution is -2.36. The molecule has 0 aromatic heterocycles. The molecule has 2 aromatic carbocycles. The predicted octanol–water partition coefficient (Wildman–Crippen LogP) is 6.42. The van der Waals surface area contributed by atoms with Crippen molar-refractivity contribution in [2.75, 3.05) is 11.4 Å². The van der Waals surface area contributed by atoms with Gasteiger partial charge < -0.3 is 10.0 Å². The van der Waals surface area contributed by atoms with E-state index >= 15 is 0 Å². The number of hydrogen-bond donors (Lipinski definition) is 1. The molecule has 0 unspecified atom stereocenters. The first-order valence-electron chi connectivity index (χ1n) is 11.7.